The van der Waals surface area contributed by atoms with Crippen molar-refractivity contribution in [2.45, 2.75) is 26.2 Å². The normalized spacial score (nSPS) is 15.4. The van der Waals surface area contributed by atoms with E-state index in [2.05, 4.69) is 28.3 Å². The van der Waals surface area contributed by atoms with Crippen LogP contribution in [0.4, 0.5) is 5.82 Å². The highest BCUT2D eigenvalue weighted by molar-refractivity contribution is 7.18. The van der Waals surface area contributed by atoms with Crippen molar-refractivity contribution in [3.05, 3.63) is 16.2 Å². The van der Waals surface area contributed by atoms with Gasteiger partial charge in [0.15, 0.2) is 0 Å². The molecule has 0 spiro atoms. The number of rotatable bonds is 4. The van der Waals surface area contributed by atoms with Crippen LogP contribution in [0.1, 0.15) is 24.6 Å². The van der Waals surface area contributed by atoms with Crippen LogP contribution in [0.25, 0.3) is 10.2 Å². The van der Waals surface area contributed by atoms with Crippen molar-refractivity contribution in [3.8, 4) is 0 Å². The van der Waals surface area contributed by atoms with Crippen molar-refractivity contribution in [3.63, 3.8) is 0 Å². The summed E-state index contributed by atoms with van der Waals surface area (Å²) in [5, 5.41) is 4.84. The van der Waals surface area contributed by atoms with Crippen LogP contribution in [0.5, 0.6) is 0 Å². The van der Waals surface area contributed by atoms with E-state index >= 15 is 0 Å². The van der Waals surface area contributed by atoms with Gasteiger partial charge in [-0.05, 0) is 42.8 Å². The van der Waals surface area contributed by atoms with Crippen LogP contribution >= 0.6 is 22.9 Å². The van der Waals surface area contributed by atoms with Crippen LogP contribution < -0.4 is 5.32 Å². The maximum Gasteiger partial charge on any atom is 0.225 e. The number of halogens is 1. The Labute approximate surface area is 109 Å². The van der Waals surface area contributed by atoms with Gasteiger partial charge in [-0.2, -0.15) is 0 Å². The molecule has 1 N–H and O–H groups in total. The molecule has 2 aromatic heterocycles. The first-order valence-corrected chi connectivity index (χ1v) is 7.15. The molecule has 0 aromatic carbocycles. The van der Waals surface area contributed by atoms with Gasteiger partial charge in [0.25, 0.3) is 0 Å². The van der Waals surface area contributed by atoms with Crippen molar-refractivity contribution in [1.82, 2.24) is 9.97 Å². The number of hydrogen-bond donors (Lipinski definition) is 1. The predicted octanol–water partition coefficient (Wildman–Crippen LogP) is 3.73. The molecule has 17 heavy (non-hydrogen) atoms. The summed E-state index contributed by atoms with van der Waals surface area (Å²) in [7, 11) is 0. The Kier molecular flexibility index (Phi) is 2.92. The zero-order valence-corrected chi connectivity index (χ0v) is 11.2. The Hall–Kier alpha value is -0.870. The van der Waals surface area contributed by atoms with Gasteiger partial charge >= 0.3 is 0 Å². The number of aromatic nitrogens is 2. The van der Waals surface area contributed by atoms with Gasteiger partial charge in [-0.3, -0.25) is 0 Å². The first-order chi connectivity index (χ1) is 8.26. The van der Waals surface area contributed by atoms with Crippen LogP contribution in [0, 0.1) is 5.92 Å². The minimum Gasteiger partial charge on any atom is -0.369 e. The molecule has 1 aliphatic rings. The van der Waals surface area contributed by atoms with Crippen LogP contribution in [-0.4, -0.2) is 16.5 Å². The lowest BCUT2D eigenvalue weighted by molar-refractivity contribution is 0.884. The zero-order valence-electron chi connectivity index (χ0n) is 9.66. The molecule has 0 unspecified atom stereocenters. The van der Waals surface area contributed by atoms with Gasteiger partial charge in [0.2, 0.25) is 5.28 Å². The second-order valence-electron chi connectivity index (χ2n) is 4.45. The lowest BCUT2D eigenvalue weighted by Crippen LogP contribution is -2.05. The molecule has 0 aliphatic heterocycles. The zero-order chi connectivity index (χ0) is 11.8. The Balaban J connectivity index is 1.97. The first-order valence-electron chi connectivity index (χ1n) is 5.96. The maximum atomic E-state index is 5.95. The number of anilines is 1. The second-order valence-corrected chi connectivity index (χ2v) is 5.90. The van der Waals surface area contributed by atoms with Crippen molar-refractivity contribution in [1.29, 1.82) is 0 Å². The van der Waals surface area contributed by atoms with E-state index < -0.39 is 0 Å². The van der Waals surface area contributed by atoms with Crippen molar-refractivity contribution >= 4 is 39.0 Å². The van der Waals surface area contributed by atoms with E-state index in [4.69, 9.17) is 11.6 Å². The molecule has 2 aromatic rings. The lowest BCUT2D eigenvalue weighted by Gasteiger charge is -2.05. The fourth-order valence-corrected chi connectivity index (χ4v) is 3.00. The standard InChI is InChI=1S/C12H14ClN3S/c1-2-8-5-9-10(14-6-7-3-4-7)15-12(13)16-11(9)17-8/h5,7H,2-4,6H2,1H3,(H,14,15,16). The average molecular weight is 268 g/mol. The molecule has 0 saturated heterocycles. The minimum absolute atomic E-state index is 0.334. The Morgan fingerprint density at radius 3 is 3.00 bits per heavy atom. The molecule has 3 nitrogen and oxygen atoms in total. The number of fused-ring (bicyclic) bond motifs is 1. The molecular weight excluding hydrogens is 254 g/mol. The summed E-state index contributed by atoms with van der Waals surface area (Å²) in [6.45, 7) is 3.15. The minimum atomic E-state index is 0.334. The highest BCUT2D eigenvalue weighted by atomic mass is 35.5. The largest absolute Gasteiger partial charge is 0.369 e. The molecule has 3 rings (SSSR count). The number of nitrogens with zero attached hydrogens (tertiary/aromatic N) is 2. The molecule has 0 radical (unpaired) electrons. The van der Waals surface area contributed by atoms with Gasteiger partial charge in [0.05, 0.1) is 5.39 Å². The number of nitrogens with one attached hydrogen (secondary N) is 1. The maximum absolute atomic E-state index is 5.95. The fraction of sp³-hybridized carbons (Fsp3) is 0.500. The van der Waals surface area contributed by atoms with E-state index in [1.165, 1.54) is 17.7 Å². The van der Waals surface area contributed by atoms with E-state index in [9.17, 15) is 0 Å². The summed E-state index contributed by atoms with van der Waals surface area (Å²) in [5.74, 6) is 1.71. The summed E-state index contributed by atoms with van der Waals surface area (Å²) < 4.78 is 0. The van der Waals surface area contributed by atoms with E-state index in [0.29, 0.717) is 5.28 Å². The quantitative estimate of drug-likeness (QED) is 0.858. The molecule has 1 saturated carbocycles. The Morgan fingerprint density at radius 1 is 1.47 bits per heavy atom. The molecule has 90 valence electrons. The molecular formula is C12H14ClN3S. The van der Waals surface area contributed by atoms with Crippen LogP contribution in [0.3, 0.4) is 0 Å². The number of aryl methyl sites for hydroxylation is 1. The van der Waals surface area contributed by atoms with E-state index in [-0.39, 0.29) is 0 Å². The summed E-state index contributed by atoms with van der Waals surface area (Å²) >= 11 is 7.65. The van der Waals surface area contributed by atoms with Crippen molar-refractivity contribution < 1.29 is 0 Å². The van der Waals surface area contributed by atoms with Crippen LogP contribution in [0.15, 0.2) is 6.07 Å². The summed E-state index contributed by atoms with van der Waals surface area (Å²) in [4.78, 5) is 10.9. The van der Waals surface area contributed by atoms with E-state index in [0.717, 1.165) is 34.9 Å². The molecule has 1 fully saturated rings. The molecule has 0 bridgehead atoms. The lowest BCUT2D eigenvalue weighted by atomic mass is 10.3. The van der Waals surface area contributed by atoms with Gasteiger partial charge in [-0.1, -0.05) is 6.92 Å². The third kappa shape index (κ3) is 2.38. The molecule has 5 heteroatoms. The fourth-order valence-electron chi connectivity index (χ4n) is 1.82. The summed E-state index contributed by atoms with van der Waals surface area (Å²) in [6, 6.07) is 2.17. The monoisotopic (exact) mass is 267 g/mol. The second kappa shape index (κ2) is 4.42. The first kappa shape index (κ1) is 11.2. The molecule has 0 atom stereocenters. The van der Waals surface area contributed by atoms with Gasteiger partial charge in [-0.25, -0.2) is 9.97 Å². The highest BCUT2D eigenvalue weighted by Gasteiger charge is 2.21. The number of hydrogen-bond acceptors (Lipinski definition) is 4. The Bertz CT molecular complexity index is 548. The van der Waals surface area contributed by atoms with E-state index in [1.807, 2.05) is 0 Å². The van der Waals surface area contributed by atoms with E-state index in [1.54, 1.807) is 11.3 Å². The summed E-state index contributed by atoms with van der Waals surface area (Å²) in [6.07, 6.45) is 3.69. The topological polar surface area (TPSA) is 37.8 Å². The van der Waals surface area contributed by atoms with Gasteiger partial charge in [0.1, 0.15) is 10.6 Å². The Morgan fingerprint density at radius 2 is 2.29 bits per heavy atom. The van der Waals surface area contributed by atoms with Gasteiger partial charge < -0.3 is 5.32 Å². The molecule has 2 heterocycles. The van der Waals surface area contributed by atoms with Gasteiger partial charge in [-0.15, -0.1) is 11.3 Å². The van der Waals surface area contributed by atoms with Crippen molar-refractivity contribution in [2.75, 3.05) is 11.9 Å². The summed E-state index contributed by atoms with van der Waals surface area (Å²) in [5.41, 5.74) is 0. The molecule has 0 amide bonds. The van der Waals surface area contributed by atoms with Crippen LogP contribution in [0.2, 0.25) is 5.28 Å². The van der Waals surface area contributed by atoms with Crippen LogP contribution in [-0.2, 0) is 6.42 Å². The predicted molar refractivity (Wildman–Crippen MR) is 73.0 cm³/mol. The third-order valence-electron chi connectivity index (χ3n) is 3.02. The molecule has 1 aliphatic carbocycles. The average Bonchev–Trinajstić information content (AvgIpc) is 3.04. The van der Waals surface area contributed by atoms with Crippen molar-refractivity contribution in [2.24, 2.45) is 5.92 Å². The smallest absolute Gasteiger partial charge is 0.225 e. The third-order valence-corrected chi connectivity index (χ3v) is 4.36. The van der Waals surface area contributed by atoms with Gasteiger partial charge in [0, 0.05) is 11.4 Å². The highest BCUT2D eigenvalue weighted by Crippen LogP contribution is 2.32. The SMILES string of the molecule is CCc1cc2c(NCC3CC3)nc(Cl)nc2s1. The number of thiophene rings is 1.